The Morgan fingerprint density at radius 1 is 0.302 bits per heavy atom. The first-order valence-corrected chi connectivity index (χ1v) is 18.3. The van der Waals surface area contributed by atoms with Gasteiger partial charge in [-0.1, -0.05) is 121 Å². The first-order valence-electron chi connectivity index (χ1n) is 18.3. The van der Waals surface area contributed by atoms with Crippen molar-refractivity contribution in [1.29, 1.82) is 0 Å². The van der Waals surface area contributed by atoms with Crippen LogP contribution in [0.2, 0.25) is 0 Å². The molecule has 0 saturated heterocycles. The largest absolute Gasteiger partial charge is 0.456 e. The Hall–Kier alpha value is -7.10. The van der Waals surface area contributed by atoms with E-state index in [4.69, 9.17) is 4.42 Å². The van der Waals surface area contributed by atoms with E-state index in [-0.39, 0.29) is 0 Å². The zero-order chi connectivity index (χ0) is 34.4. The quantitative estimate of drug-likeness (QED) is 0.179. The third-order valence-electron chi connectivity index (χ3n) is 11.8. The summed E-state index contributed by atoms with van der Waals surface area (Å²) >= 11 is 0. The van der Waals surface area contributed by atoms with Gasteiger partial charge in [-0.25, -0.2) is 0 Å². The molecule has 53 heavy (non-hydrogen) atoms. The SMILES string of the molecule is c1ccc2c(c1)-c1cccc3c(-n4c5ccccc5c5c6c7ccc8oc9ccccc9c8c7n(-c7cccc8ccccc78)c6ccc54)ccc-2c13. The second-order valence-corrected chi connectivity index (χ2v) is 14.4. The van der Waals surface area contributed by atoms with E-state index in [0.717, 1.165) is 27.6 Å². The van der Waals surface area contributed by atoms with E-state index in [9.17, 15) is 0 Å². The van der Waals surface area contributed by atoms with Crippen molar-refractivity contribution >= 4 is 87.1 Å². The lowest BCUT2D eigenvalue weighted by Crippen LogP contribution is -1.97. The molecule has 0 atom stereocenters. The van der Waals surface area contributed by atoms with Crippen LogP contribution in [-0.4, -0.2) is 9.13 Å². The summed E-state index contributed by atoms with van der Waals surface area (Å²) in [4.78, 5) is 0. The highest BCUT2D eigenvalue weighted by molar-refractivity contribution is 6.33. The van der Waals surface area contributed by atoms with Crippen LogP contribution in [0.25, 0.3) is 121 Å². The fourth-order valence-electron chi connectivity index (χ4n) is 9.76. The molecule has 244 valence electrons. The Bertz CT molecular complexity index is 3540. The smallest absolute Gasteiger partial charge is 0.137 e. The molecular weight excluding hydrogens is 645 g/mol. The van der Waals surface area contributed by atoms with Crippen LogP contribution >= 0.6 is 0 Å². The van der Waals surface area contributed by atoms with Crippen LogP contribution in [0.3, 0.4) is 0 Å². The Morgan fingerprint density at radius 3 is 1.81 bits per heavy atom. The standard InChI is InChI=1S/C50H28N2O/c1-2-13-30-29(11-1)12-9-21-39(30)52-43-27-26-42-47(48(43)38-24-28-45-49(50(38)52)37-17-6-8-22-44(37)53-45)36-16-5-7-20-40(36)51(42)41-25-23-34-32-15-4-3-14-31(32)33-18-10-19-35(41)46(33)34/h1-28H. The van der Waals surface area contributed by atoms with Gasteiger partial charge in [-0.2, -0.15) is 0 Å². The number of aromatic nitrogens is 2. The van der Waals surface area contributed by atoms with Crippen LogP contribution in [0.4, 0.5) is 0 Å². The first kappa shape index (κ1) is 27.6. The van der Waals surface area contributed by atoms with Gasteiger partial charge in [0.15, 0.2) is 0 Å². The average Bonchev–Trinajstić information content (AvgIpc) is 3.95. The predicted octanol–water partition coefficient (Wildman–Crippen LogP) is 13.7. The predicted molar refractivity (Wildman–Crippen MR) is 222 cm³/mol. The Kier molecular flexibility index (Phi) is 5.11. The van der Waals surface area contributed by atoms with Crippen molar-refractivity contribution < 1.29 is 4.42 Å². The van der Waals surface area contributed by atoms with E-state index >= 15 is 0 Å². The maximum atomic E-state index is 6.53. The van der Waals surface area contributed by atoms with Gasteiger partial charge in [0.1, 0.15) is 11.2 Å². The van der Waals surface area contributed by atoms with Crippen molar-refractivity contribution in [2.45, 2.75) is 0 Å². The molecule has 0 amide bonds. The number of furan rings is 1. The van der Waals surface area contributed by atoms with Crippen LogP contribution in [0, 0.1) is 0 Å². The maximum absolute atomic E-state index is 6.53. The van der Waals surface area contributed by atoms with Crippen molar-refractivity contribution in [3.05, 3.63) is 170 Å². The van der Waals surface area contributed by atoms with Crippen molar-refractivity contribution in [3.63, 3.8) is 0 Å². The highest BCUT2D eigenvalue weighted by atomic mass is 16.3. The molecule has 12 aromatic rings. The van der Waals surface area contributed by atoms with Crippen molar-refractivity contribution in [2.75, 3.05) is 0 Å². The summed E-state index contributed by atoms with van der Waals surface area (Å²) in [5.41, 5.74) is 14.2. The molecule has 0 bridgehead atoms. The molecule has 0 saturated carbocycles. The number of nitrogens with zero attached hydrogens (tertiary/aromatic N) is 2. The molecule has 0 fully saturated rings. The summed E-state index contributed by atoms with van der Waals surface area (Å²) in [6.45, 7) is 0. The molecule has 3 heterocycles. The Balaban J connectivity index is 1.23. The molecule has 1 aliphatic carbocycles. The number of para-hydroxylation sites is 2. The zero-order valence-electron chi connectivity index (χ0n) is 28.5. The lowest BCUT2D eigenvalue weighted by Gasteiger charge is -2.14. The molecule has 3 nitrogen and oxygen atoms in total. The monoisotopic (exact) mass is 672 g/mol. The van der Waals surface area contributed by atoms with Gasteiger partial charge in [0.05, 0.1) is 38.8 Å². The molecule has 0 radical (unpaired) electrons. The maximum Gasteiger partial charge on any atom is 0.137 e. The summed E-state index contributed by atoms with van der Waals surface area (Å²) in [6, 6.07) is 62.2. The van der Waals surface area contributed by atoms with Crippen LogP contribution in [-0.2, 0) is 0 Å². The minimum atomic E-state index is 0.899. The summed E-state index contributed by atoms with van der Waals surface area (Å²) in [5.74, 6) is 0. The third kappa shape index (κ3) is 3.40. The van der Waals surface area contributed by atoms with Gasteiger partial charge < -0.3 is 13.6 Å². The number of hydrogen-bond donors (Lipinski definition) is 0. The van der Waals surface area contributed by atoms with Gasteiger partial charge in [0.2, 0.25) is 0 Å². The molecule has 3 aromatic heterocycles. The lowest BCUT2D eigenvalue weighted by atomic mass is 10.0. The molecule has 0 unspecified atom stereocenters. The van der Waals surface area contributed by atoms with Gasteiger partial charge in [0, 0.05) is 37.7 Å². The van der Waals surface area contributed by atoms with Crippen LogP contribution in [0.15, 0.2) is 174 Å². The summed E-state index contributed by atoms with van der Waals surface area (Å²) in [7, 11) is 0. The van der Waals surface area contributed by atoms with E-state index in [1.807, 2.05) is 0 Å². The van der Waals surface area contributed by atoms with Gasteiger partial charge in [-0.3, -0.25) is 0 Å². The number of benzene rings is 9. The minimum Gasteiger partial charge on any atom is -0.456 e. The van der Waals surface area contributed by atoms with Crippen molar-refractivity contribution in [2.24, 2.45) is 0 Å². The topological polar surface area (TPSA) is 23.0 Å². The molecule has 0 aliphatic heterocycles. The van der Waals surface area contributed by atoms with E-state index in [1.165, 1.54) is 93.1 Å². The molecule has 9 aromatic carbocycles. The molecule has 1 aliphatic rings. The Morgan fingerprint density at radius 2 is 0.925 bits per heavy atom. The first-order chi connectivity index (χ1) is 26.3. The summed E-state index contributed by atoms with van der Waals surface area (Å²) < 4.78 is 11.5. The summed E-state index contributed by atoms with van der Waals surface area (Å²) in [5, 5.41) is 12.3. The lowest BCUT2D eigenvalue weighted by molar-refractivity contribution is 0.669. The number of rotatable bonds is 2. The van der Waals surface area contributed by atoms with Gasteiger partial charge >= 0.3 is 0 Å². The van der Waals surface area contributed by atoms with Gasteiger partial charge in [-0.05, 0) is 81.6 Å². The molecule has 3 heteroatoms. The highest BCUT2D eigenvalue weighted by Crippen LogP contribution is 2.50. The zero-order valence-corrected chi connectivity index (χ0v) is 28.5. The average molecular weight is 673 g/mol. The number of hydrogen-bond acceptors (Lipinski definition) is 1. The van der Waals surface area contributed by atoms with Crippen LogP contribution in [0.1, 0.15) is 0 Å². The van der Waals surface area contributed by atoms with Crippen molar-refractivity contribution in [1.82, 2.24) is 9.13 Å². The van der Waals surface area contributed by atoms with Crippen LogP contribution in [0.5, 0.6) is 0 Å². The number of fused-ring (bicyclic) bond motifs is 15. The molecule has 0 N–H and O–H groups in total. The van der Waals surface area contributed by atoms with Crippen molar-refractivity contribution in [3.8, 4) is 33.6 Å². The fraction of sp³-hybridized carbons (Fsp3) is 0. The highest BCUT2D eigenvalue weighted by Gasteiger charge is 2.26. The van der Waals surface area contributed by atoms with E-state index < -0.39 is 0 Å². The molecule has 0 spiro atoms. The Labute approximate surface area is 303 Å². The third-order valence-corrected chi connectivity index (χ3v) is 11.8. The van der Waals surface area contributed by atoms with E-state index in [0.29, 0.717) is 0 Å². The second kappa shape index (κ2) is 9.81. The van der Waals surface area contributed by atoms with E-state index in [2.05, 4.69) is 179 Å². The minimum absolute atomic E-state index is 0.899. The second-order valence-electron chi connectivity index (χ2n) is 14.4. The van der Waals surface area contributed by atoms with Crippen LogP contribution < -0.4 is 0 Å². The summed E-state index contributed by atoms with van der Waals surface area (Å²) in [6.07, 6.45) is 0. The molecule has 13 rings (SSSR count). The van der Waals surface area contributed by atoms with Gasteiger partial charge in [0.25, 0.3) is 0 Å². The normalized spacial score (nSPS) is 12.5. The van der Waals surface area contributed by atoms with Gasteiger partial charge in [-0.15, -0.1) is 0 Å². The fourth-order valence-corrected chi connectivity index (χ4v) is 9.76. The molecular formula is C50H28N2O. The van der Waals surface area contributed by atoms with E-state index in [1.54, 1.807) is 0 Å².